The van der Waals surface area contributed by atoms with E-state index in [2.05, 4.69) is 26.5 Å². The number of aliphatic hydroxyl groups excluding tert-OH is 5. The van der Waals surface area contributed by atoms with Crippen LogP contribution in [0, 0.1) is 28.1 Å². The molecular formula is C26H40O8. The molecule has 0 amide bonds. The summed E-state index contributed by atoms with van der Waals surface area (Å²) >= 11 is 0. The summed E-state index contributed by atoms with van der Waals surface area (Å²) in [6, 6.07) is 0. The van der Waals surface area contributed by atoms with Crippen LogP contribution in [0.4, 0.5) is 0 Å². The van der Waals surface area contributed by atoms with Crippen LogP contribution in [0.5, 0.6) is 0 Å². The molecule has 3 fully saturated rings. The molecule has 11 atom stereocenters. The van der Waals surface area contributed by atoms with Crippen LogP contribution in [-0.4, -0.2) is 74.9 Å². The molecule has 192 valence electrons. The summed E-state index contributed by atoms with van der Waals surface area (Å²) in [6.45, 7) is 9.59. The number of fused-ring (bicyclic) bond motifs is 3. The monoisotopic (exact) mass is 480 g/mol. The van der Waals surface area contributed by atoms with Gasteiger partial charge in [0.25, 0.3) is 0 Å². The molecule has 0 spiro atoms. The highest BCUT2D eigenvalue weighted by Gasteiger charge is 2.62. The fourth-order valence-corrected chi connectivity index (χ4v) is 7.19. The van der Waals surface area contributed by atoms with Gasteiger partial charge in [0.1, 0.15) is 24.4 Å². The number of rotatable bonds is 4. The Morgan fingerprint density at radius 1 is 1.15 bits per heavy atom. The van der Waals surface area contributed by atoms with Crippen molar-refractivity contribution >= 4 is 5.97 Å². The molecule has 1 saturated heterocycles. The molecule has 0 aromatic rings. The van der Waals surface area contributed by atoms with Gasteiger partial charge in [-0.1, -0.05) is 31.6 Å². The molecule has 1 heterocycles. The molecule has 4 aliphatic rings. The van der Waals surface area contributed by atoms with Gasteiger partial charge >= 0.3 is 5.97 Å². The zero-order valence-corrected chi connectivity index (χ0v) is 20.4. The van der Waals surface area contributed by atoms with Crippen LogP contribution in [-0.2, 0) is 14.3 Å². The van der Waals surface area contributed by atoms with Crippen molar-refractivity contribution in [2.75, 3.05) is 6.61 Å². The lowest BCUT2D eigenvalue weighted by Gasteiger charge is -2.60. The number of ether oxygens (including phenoxy) is 2. The minimum atomic E-state index is -1.68. The number of carbonyl (C=O) groups is 1. The molecule has 5 N–H and O–H groups in total. The van der Waals surface area contributed by atoms with Crippen molar-refractivity contribution in [2.45, 2.75) is 96.1 Å². The summed E-state index contributed by atoms with van der Waals surface area (Å²) in [5.74, 6) is -0.571. The summed E-state index contributed by atoms with van der Waals surface area (Å²) < 4.78 is 11.0. The van der Waals surface area contributed by atoms with Gasteiger partial charge in [0.15, 0.2) is 0 Å². The third kappa shape index (κ3) is 3.87. The van der Waals surface area contributed by atoms with E-state index in [1.165, 1.54) is 5.57 Å². The average molecular weight is 481 g/mol. The van der Waals surface area contributed by atoms with E-state index < -0.39 is 54.8 Å². The molecule has 0 radical (unpaired) electrons. The lowest BCUT2D eigenvalue weighted by atomic mass is 9.45. The summed E-state index contributed by atoms with van der Waals surface area (Å²) in [4.78, 5) is 13.6. The molecule has 0 bridgehead atoms. The maximum Gasteiger partial charge on any atom is 0.317 e. The Morgan fingerprint density at radius 2 is 1.85 bits per heavy atom. The second-order valence-electron chi connectivity index (χ2n) is 11.6. The highest BCUT2D eigenvalue weighted by molar-refractivity contribution is 5.78. The Hall–Kier alpha value is -1.29. The Morgan fingerprint density at radius 3 is 2.50 bits per heavy atom. The fourth-order valence-electron chi connectivity index (χ4n) is 7.19. The second kappa shape index (κ2) is 8.98. The van der Waals surface area contributed by atoms with Gasteiger partial charge in [-0.05, 0) is 68.1 Å². The van der Waals surface area contributed by atoms with Gasteiger partial charge in [-0.3, -0.25) is 4.79 Å². The van der Waals surface area contributed by atoms with Crippen LogP contribution in [0.15, 0.2) is 24.3 Å². The highest BCUT2D eigenvalue weighted by atomic mass is 16.7. The van der Waals surface area contributed by atoms with E-state index in [1.54, 1.807) is 6.92 Å². The van der Waals surface area contributed by atoms with Gasteiger partial charge in [0, 0.05) is 0 Å². The minimum Gasteiger partial charge on any atom is -0.432 e. The summed E-state index contributed by atoms with van der Waals surface area (Å²) in [7, 11) is 0. The molecule has 0 aromatic heterocycles. The summed E-state index contributed by atoms with van der Waals surface area (Å²) in [5.41, 5.74) is 0.0426. The van der Waals surface area contributed by atoms with Crippen molar-refractivity contribution in [3.63, 3.8) is 0 Å². The SMILES string of the molecule is C=CC1(C)CCC2C(=CCC3C2(C)CCC(O)C3(C)C(=O)OC2OC(CO)C(O)C(O)C2O)C1. The first-order valence-electron chi connectivity index (χ1n) is 12.4. The lowest BCUT2D eigenvalue weighted by Crippen LogP contribution is -2.63. The third-order valence-corrected chi connectivity index (χ3v) is 9.64. The first-order chi connectivity index (χ1) is 15.9. The van der Waals surface area contributed by atoms with Gasteiger partial charge in [-0.2, -0.15) is 0 Å². The van der Waals surface area contributed by atoms with Crippen molar-refractivity contribution in [1.29, 1.82) is 0 Å². The average Bonchev–Trinajstić information content (AvgIpc) is 2.81. The molecule has 8 nitrogen and oxygen atoms in total. The van der Waals surface area contributed by atoms with Crippen LogP contribution in [0.2, 0.25) is 0 Å². The first kappa shape index (κ1) is 25.8. The topological polar surface area (TPSA) is 137 Å². The van der Waals surface area contributed by atoms with E-state index in [-0.39, 0.29) is 16.7 Å². The van der Waals surface area contributed by atoms with Gasteiger partial charge in [-0.15, -0.1) is 6.58 Å². The summed E-state index contributed by atoms with van der Waals surface area (Å²) in [6.07, 6.45) is 0.624. The molecule has 11 unspecified atom stereocenters. The number of hydrogen-bond acceptors (Lipinski definition) is 8. The smallest absolute Gasteiger partial charge is 0.317 e. The second-order valence-corrected chi connectivity index (χ2v) is 11.6. The van der Waals surface area contributed by atoms with Crippen molar-refractivity contribution < 1.29 is 39.8 Å². The normalized spacial score (nSPS) is 51.0. The largest absolute Gasteiger partial charge is 0.432 e. The standard InChI is InChI=1S/C26H40O8/c1-5-24(2)10-8-15-14(12-24)6-7-17-25(15,3)11-9-18(28)26(17,4)23(32)34-22-21(31)20(30)19(29)16(13-27)33-22/h5-6,15-22,27-31H,1,7-13H2,2-4H3. The molecule has 2 saturated carbocycles. The van der Waals surface area contributed by atoms with Crippen LogP contribution < -0.4 is 0 Å². The predicted octanol–water partition coefficient (Wildman–Crippen LogP) is 1.44. The molecule has 4 rings (SSSR count). The van der Waals surface area contributed by atoms with Crippen molar-refractivity contribution in [2.24, 2.45) is 28.1 Å². The maximum absolute atomic E-state index is 13.6. The van der Waals surface area contributed by atoms with E-state index >= 15 is 0 Å². The van der Waals surface area contributed by atoms with Crippen LogP contribution >= 0.6 is 0 Å². The van der Waals surface area contributed by atoms with E-state index in [0.717, 1.165) is 25.7 Å². The molecule has 8 heteroatoms. The molecule has 0 aromatic carbocycles. The van der Waals surface area contributed by atoms with Crippen molar-refractivity contribution in [1.82, 2.24) is 0 Å². The molecule has 3 aliphatic carbocycles. The molecule has 34 heavy (non-hydrogen) atoms. The maximum atomic E-state index is 13.6. The van der Waals surface area contributed by atoms with Gasteiger partial charge in [0.2, 0.25) is 6.29 Å². The van der Waals surface area contributed by atoms with Crippen LogP contribution in [0.1, 0.15) is 59.3 Å². The van der Waals surface area contributed by atoms with Gasteiger partial charge < -0.3 is 35.0 Å². The van der Waals surface area contributed by atoms with E-state index in [4.69, 9.17) is 9.47 Å². The molecular weight excluding hydrogens is 440 g/mol. The molecule has 1 aliphatic heterocycles. The highest BCUT2D eigenvalue weighted by Crippen LogP contribution is 2.64. The number of aliphatic hydroxyl groups is 5. The van der Waals surface area contributed by atoms with Crippen molar-refractivity contribution in [3.05, 3.63) is 24.3 Å². The first-order valence-corrected chi connectivity index (χ1v) is 12.4. The van der Waals surface area contributed by atoms with Crippen LogP contribution in [0.3, 0.4) is 0 Å². The van der Waals surface area contributed by atoms with Gasteiger partial charge in [0.05, 0.1) is 18.1 Å². The third-order valence-electron chi connectivity index (χ3n) is 9.64. The van der Waals surface area contributed by atoms with E-state index in [1.807, 2.05) is 6.08 Å². The number of hydrogen-bond donors (Lipinski definition) is 5. The lowest BCUT2D eigenvalue weighted by molar-refractivity contribution is -0.299. The Bertz CT molecular complexity index is 841. The Kier molecular flexibility index (Phi) is 6.81. The fraction of sp³-hybridized carbons (Fsp3) is 0.808. The zero-order chi connectivity index (χ0) is 25.1. The number of allylic oxidation sites excluding steroid dienone is 3. The van der Waals surface area contributed by atoms with Crippen LogP contribution in [0.25, 0.3) is 0 Å². The van der Waals surface area contributed by atoms with E-state index in [0.29, 0.717) is 18.8 Å². The quantitative estimate of drug-likeness (QED) is 0.301. The zero-order valence-electron chi connectivity index (χ0n) is 20.4. The van der Waals surface area contributed by atoms with E-state index in [9.17, 15) is 30.3 Å². The van der Waals surface area contributed by atoms with Crippen molar-refractivity contribution in [3.8, 4) is 0 Å². The Labute approximate surface area is 201 Å². The minimum absolute atomic E-state index is 0.0745. The summed E-state index contributed by atoms with van der Waals surface area (Å²) in [5, 5.41) is 51.0. The number of esters is 1. The van der Waals surface area contributed by atoms with Gasteiger partial charge in [-0.25, -0.2) is 0 Å². The number of carbonyl (C=O) groups excluding carboxylic acids is 1. The Balaban J connectivity index is 1.60. The predicted molar refractivity (Wildman–Crippen MR) is 123 cm³/mol.